The summed E-state index contributed by atoms with van der Waals surface area (Å²) in [4.78, 5) is 7.20. The van der Waals surface area contributed by atoms with Gasteiger partial charge in [-0.3, -0.25) is 0 Å². The summed E-state index contributed by atoms with van der Waals surface area (Å²) in [6, 6.07) is 70.2. The zero-order chi connectivity index (χ0) is 34.4. The molecule has 0 saturated carbocycles. The first-order valence-electron chi connectivity index (χ1n) is 17.6. The molecule has 0 aliphatic rings. The van der Waals surface area contributed by atoms with E-state index in [0.29, 0.717) is 0 Å². The highest BCUT2D eigenvalue weighted by atomic mass is 32.1. The Morgan fingerprint density at radius 3 is 1.46 bits per heavy atom. The molecule has 0 saturated heterocycles. The van der Waals surface area contributed by atoms with Gasteiger partial charge in [0.05, 0.1) is 10.2 Å². The SMILES string of the molecule is c1ccc2cc(N(c3ccc(-c4ccc(-c5nc6ccccc6s5)cc4)cc3)c3ccc(-c4ccc5cc6ccccc6cc5c4)cc3)ccc2c1. The topological polar surface area (TPSA) is 16.1 Å². The van der Waals surface area contributed by atoms with Gasteiger partial charge in [0.1, 0.15) is 5.01 Å². The monoisotopic (exact) mass is 680 g/mol. The molecule has 0 radical (unpaired) electrons. The summed E-state index contributed by atoms with van der Waals surface area (Å²) in [6.07, 6.45) is 0. The van der Waals surface area contributed by atoms with Crippen LogP contribution in [0.2, 0.25) is 0 Å². The fourth-order valence-corrected chi connectivity index (χ4v) is 8.26. The molecule has 0 fully saturated rings. The second kappa shape index (κ2) is 12.6. The number of anilines is 3. The molecular weight excluding hydrogens is 649 g/mol. The van der Waals surface area contributed by atoms with Gasteiger partial charge >= 0.3 is 0 Å². The van der Waals surface area contributed by atoms with E-state index in [4.69, 9.17) is 4.98 Å². The van der Waals surface area contributed by atoms with Crippen LogP contribution < -0.4 is 4.90 Å². The van der Waals surface area contributed by atoms with E-state index in [1.807, 2.05) is 6.07 Å². The third kappa shape index (κ3) is 5.58. The molecular formula is C49H32N2S. The van der Waals surface area contributed by atoms with E-state index in [9.17, 15) is 0 Å². The number of nitrogens with zero attached hydrogens (tertiary/aromatic N) is 2. The molecule has 2 nitrogen and oxygen atoms in total. The summed E-state index contributed by atoms with van der Waals surface area (Å²) in [5.41, 5.74) is 10.3. The number of aromatic nitrogens is 1. The molecule has 244 valence electrons. The molecule has 0 atom stereocenters. The molecule has 9 aromatic carbocycles. The van der Waals surface area contributed by atoms with Gasteiger partial charge in [0, 0.05) is 22.6 Å². The Bertz CT molecular complexity index is 2850. The predicted molar refractivity (Wildman–Crippen MR) is 223 cm³/mol. The summed E-state index contributed by atoms with van der Waals surface area (Å²) in [6.45, 7) is 0. The van der Waals surface area contributed by atoms with E-state index in [1.54, 1.807) is 11.3 Å². The highest BCUT2D eigenvalue weighted by Gasteiger charge is 2.15. The third-order valence-corrected chi connectivity index (χ3v) is 11.1. The zero-order valence-corrected chi connectivity index (χ0v) is 29.1. The van der Waals surface area contributed by atoms with Gasteiger partial charge in [0.15, 0.2) is 0 Å². The van der Waals surface area contributed by atoms with Crippen molar-refractivity contribution in [2.45, 2.75) is 0 Å². The molecule has 3 heteroatoms. The Kier molecular flexibility index (Phi) is 7.37. The lowest BCUT2D eigenvalue weighted by atomic mass is 9.98. The molecule has 52 heavy (non-hydrogen) atoms. The van der Waals surface area contributed by atoms with E-state index in [0.717, 1.165) is 33.1 Å². The van der Waals surface area contributed by atoms with Gasteiger partial charge in [0.2, 0.25) is 0 Å². The van der Waals surface area contributed by atoms with E-state index < -0.39 is 0 Å². The van der Waals surface area contributed by atoms with Crippen molar-refractivity contribution in [3.05, 3.63) is 194 Å². The van der Waals surface area contributed by atoms with Crippen molar-refractivity contribution in [2.75, 3.05) is 4.90 Å². The van der Waals surface area contributed by atoms with E-state index in [2.05, 4.69) is 193 Å². The average Bonchev–Trinajstić information content (AvgIpc) is 3.65. The van der Waals surface area contributed by atoms with Crippen molar-refractivity contribution >= 4 is 70.9 Å². The number of thiazole rings is 1. The Morgan fingerprint density at radius 1 is 0.327 bits per heavy atom. The van der Waals surface area contributed by atoms with Crippen molar-refractivity contribution in [3.63, 3.8) is 0 Å². The smallest absolute Gasteiger partial charge is 0.124 e. The van der Waals surface area contributed by atoms with Gasteiger partial charge in [-0.15, -0.1) is 11.3 Å². The maximum absolute atomic E-state index is 4.85. The number of benzene rings is 9. The van der Waals surface area contributed by atoms with Gasteiger partial charge in [-0.25, -0.2) is 4.98 Å². The molecule has 0 amide bonds. The van der Waals surface area contributed by atoms with Crippen molar-refractivity contribution in [1.82, 2.24) is 4.98 Å². The first kappa shape index (κ1) is 30.3. The molecule has 0 aliphatic heterocycles. The Morgan fingerprint density at radius 2 is 0.788 bits per heavy atom. The number of fused-ring (bicyclic) bond motifs is 4. The van der Waals surface area contributed by atoms with Crippen LogP contribution in [0.1, 0.15) is 0 Å². The standard InChI is InChI=1S/C49H32N2S/c1-2-10-40-32-46(28-23-33(40)7-1)51(45-26-21-36(22-27-45)41-17-18-42-29-38-8-3-4-9-39(38)30-43(42)31-41)44-24-19-35(20-25-44)34-13-15-37(16-14-34)49-50-47-11-5-6-12-48(47)52-49/h1-32H. The van der Waals surface area contributed by atoms with Gasteiger partial charge < -0.3 is 4.90 Å². The van der Waals surface area contributed by atoms with Crippen LogP contribution in [0.4, 0.5) is 17.1 Å². The first-order chi connectivity index (χ1) is 25.7. The normalized spacial score (nSPS) is 11.5. The van der Waals surface area contributed by atoms with Crippen LogP contribution >= 0.6 is 11.3 Å². The zero-order valence-electron chi connectivity index (χ0n) is 28.3. The predicted octanol–water partition coefficient (Wildman–Crippen LogP) is 14.2. The molecule has 10 aromatic rings. The van der Waals surface area contributed by atoms with Gasteiger partial charge in [-0.05, 0) is 121 Å². The number of rotatable bonds is 6. The highest BCUT2D eigenvalue weighted by Crippen LogP contribution is 2.39. The van der Waals surface area contributed by atoms with Crippen LogP contribution in [-0.2, 0) is 0 Å². The molecule has 1 heterocycles. The molecule has 0 aliphatic carbocycles. The summed E-state index contributed by atoms with van der Waals surface area (Å²) >= 11 is 1.74. The first-order valence-corrected chi connectivity index (χ1v) is 18.4. The second-order valence-electron chi connectivity index (χ2n) is 13.3. The minimum atomic E-state index is 1.05. The summed E-state index contributed by atoms with van der Waals surface area (Å²) < 4.78 is 1.21. The minimum absolute atomic E-state index is 1.05. The quantitative estimate of drug-likeness (QED) is 0.163. The van der Waals surface area contributed by atoms with Crippen LogP contribution in [0.15, 0.2) is 194 Å². The van der Waals surface area contributed by atoms with Crippen LogP contribution in [0.5, 0.6) is 0 Å². The number of para-hydroxylation sites is 1. The molecule has 10 rings (SSSR count). The molecule has 0 unspecified atom stereocenters. The van der Waals surface area contributed by atoms with E-state index in [1.165, 1.54) is 59.3 Å². The lowest BCUT2D eigenvalue weighted by Crippen LogP contribution is -2.09. The van der Waals surface area contributed by atoms with Crippen molar-refractivity contribution in [2.24, 2.45) is 0 Å². The van der Waals surface area contributed by atoms with Crippen LogP contribution in [-0.4, -0.2) is 4.98 Å². The Hall–Kier alpha value is -6.55. The van der Waals surface area contributed by atoms with Crippen LogP contribution in [0.25, 0.3) is 75.4 Å². The summed E-state index contributed by atoms with van der Waals surface area (Å²) in [5, 5.41) is 8.55. The lowest BCUT2D eigenvalue weighted by molar-refractivity contribution is 1.29. The molecule has 0 N–H and O–H groups in total. The summed E-state index contributed by atoms with van der Waals surface area (Å²) in [7, 11) is 0. The molecule has 1 aromatic heterocycles. The largest absolute Gasteiger partial charge is 0.310 e. The average molecular weight is 681 g/mol. The fourth-order valence-electron chi connectivity index (χ4n) is 7.29. The summed E-state index contributed by atoms with van der Waals surface area (Å²) in [5.74, 6) is 0. The minimum Gasteiger partial charge on any atom is -0.310 e. The van der Waals surface area contributed by atoms with E-state index >= 15 is 0 Å². The molecule has 0 bridgehead atoms. The van der Waals surface area contributed by atoms with Crippen LogP contribution in [0, 0.1) is 0 Å². The fraction of sp³-hybridized carbons (Fsp3) is 0. The van der Waals surface area contributed by atoms with Gasteiger partial charge in [-0.1, -0.05) is 127 Å². The Labute approximate surface area is 306 Å². The van der Waals surface area contributed by atoms with Crippen molar-refractivity contribution in [3.8, 4) is 32.8 Å². The maximum Gasteiger partial charge on any atom is 0.124 e. The highest BCUT2D eigenvalue weighted by molar-refractivity contribution is 7.21. The Balaban J connectivity index is 0.984. The van der Waals surface area contributed by atoms with E-state index in [-0.39, 0.29) is 0 Å². The number of hydrogen-bond donors (Lipinski definition) is 0. The van der Waals surface area contributed by atoms with Crippen LogP contribution in [0.3, 0.4) is 0 Å². The number of hydrogen-bond acceptors (Lipinski definition) is 3. The van der Waals surface area contributed by atoms with Crippen molar-refractivity contribution < 1.29 is 0 Å². The van der Waals surface area contributed by atoms with Gasteiger partial charge in [-0.2, -0.15) is 0 Å². The van der Waals surface area contributed by atoms with Gasteiger partial charge in [0.25, 0.3) is 0 Å². The second-order valence-corrected chi connectivity index (χ2v) is 14.3. The molecule has 0 spiro atoms. The van der Waals surface area contributed by atoms with Crippen molar-refractivity contribution in [1.29, 1.82) is 0 Å². The lowest BCUT2D eigenvalue weighted by Gasteiger charge is -2.26. The third-order valence-electron chi connectivity index (χ3n) is 10.0. The maximum atomic E-state index is 4.85.